The van der Waals surface area contributed by atoms with Crippen molar-refractivity contribution in [3.05, 3.63) is 59.4 Å². The van der Waals surface area contributed by atoms with Crippen LogP contribution in [0.3, 0.4) is 0 Å². The number of ketones is 1. The average molecular weight is 374 g/mol. The predicted octanol–water partition coefficient (Wildman–Crippen LogP) is 3.29. The van der Waals surface area contributed by atoms with Gasteiger partial charge in [-0.1, -0.05) is 6.07 Å². The molecule has 0 bridgehead atoms. The van der Waals surface area contributed by atoms with Gasteiger partial charge in [-0.3, -0.25) is 4.79 Å². The molecule has 0 spiro atoms. The molecule has 0 fully saturated rings. The molecule has 0 saturated carbocycles. The Morgan fingerprint density at radius 3 is 2.26 bits per heavy atom. The van der Waals surface area contributed by atoms with E-state index in [9.17, 15) is 14.0 Å². The maximum Gasteiger partial charge on any atom is 0.331 e. The van der Waals surface area contributed by atoms with Gasteiger partial charge in [-0.25, -0.2) is 9.18 Å². The van der Waals surface area contributed by atoms with Crippen LogP contribution in [0.1, 0.15) is 15.9 Å². The van der Waals surface area contributed by atoms with Gasteiger partial charge in [-0.05, 0) is 42.0 Å². The van der Waals surface area contributed by atoms with Crippen LogP contribution in [-0.2, 0) is 9.53 Å². The monoisotopic (exact) mass is 374 g/mol. The molecule has 0 aromatic heterocycles. The summed E-state index contributed by atoms with van der Waals surface area (Å²) in [4.78, 5) is 24.0. The Kier molecular flexibility index (Phi) is 6.93. The molecule has 0 amide bonds. The van der Waals surface area contributed by atoms with Crippen molar-refractivity contribution in [2.45, 2.75) is 0 Å². The minimum atomic E-state index is -0.714. The summed E-state index contributed by atoms with van der Waals surface area (Å²) in [6, 6.07) is 8.66. The number of esters is 1. The number of hydrogen-bond donors (Lipinski definition) is 0. The zero-order valence-corrected chi connectivity index (χ0v) is 15.2. The Morgan fingerprint density at radius 1 is 0.926 bits per heavy atom. The van der Waals surface area contributed by atoms with E-state index < -0.39 is 24.2 Å². The highest BCUT2D eigenvalue weighted by molar-refractivity contribution is 6.01. The van der Waals surface area contributed by atoms with Crippen LogP contribution >= 0.6 is 0 Å². The van der Waals surface area contributed by atoms with Gasteiger partial charge in [-0.2, -0.15) is 0 Å². The fraction of sp³-hybridized carbons (Fsp3) is 0.200. The van der Waals surface area contributed by atoms with Gasteiger partial charge in [-0.15, -0.1) is 0 Å². The molecule has 0 unspecified atom stereocenters. The number of Topliss-reactive ketones (excluding diaryl/α,β-unsaturated/α-hetero) is 1. The van der Waals surface area contributed by atoms with Crippen molar-refractivity contribution < 1.29 is 32.9 Å². The van der Waals surface area contributed by atoms with Crippen LogP contribution in [0.2, 0.25) is 0 Å². The molecule has 0 aliphatic heterocycles. The lowest BCUT2D eigenvalue weighted by molar-refractivity contribution is -0.136. The average Bonchev–Trinajstić information content (AvgIpc) is 2.69. The van der Waals surface area contributed by atoms with Crippen LogP contribution in [-0.4, -0.2) is 39.7 Å². The third-order valence-corrected chi connectivity index (χ3v) is 3.63. The summed E-state index contributed by atoms with van der Waals surface area (Å²) in [7, 11) is 4.39. The minimum absolute atomic E-state index is 0.00849. The lowest BCUT2D eigenvalue weighted by Crippen LogP contribution is -2.13. The molecule has 0 aliphatic rings. The molecule has 2 rings (SSSR count). The molecule has 7 heteroatoms. The quantitative estimate of drug-likeness (QED) is 0.401. The predicted molar refractivity (Wildman–Crippen MR) is 96.8 cm³/mol. The molecule has 0 atom stereocenters. The zero-order valence-electron chi connectivity index (χ0n) is 15.2. The first-order chi connectivity index (χ1) is 13.0. The van der Waals surface area contributed by atoms with Gasteiger partial charge in [0.25, 0.3) is 0 Å². The molecular weight excluding hydrogens is 355 g/mol. The molecule has 2 aromatic carbocycles. The van der Waals surface area contributed by atoms with E-state index in [0.29, 0.717) is 17.1 Å². The summed E-state index contributed by atoms with van der Waals surface area (Å²) < 4.78 is 33.6. The van der Waals surface area contributed by atoms with E-state index in [-0.39, 0.29) is 11.3 Å². The summed E-state index contributed by atoms with van der Waals surface area (Å²) in [5.74, 6) is -0.585. The van der Waals surface area contributed by atoms with Gasteiger partial charge >= 0.3 is 5.97 Å². The number of halogens is 1. The topological polar surface area (TPSA) is 71.1 Å². The number of ether oxygens (including phenoxy) is 4. The van der Waals surface area contributed by atoms with Gasteiger partial charge in [0, 0.05) is 6.08 Å². The van der Waals surface area contributed by atoms with E-state index in [4.69, 9.17) is 18.9 Å². The summed E-state index contributed by atoms with van der Waals surface area (Å²) in [5, 5.41) is 0. The van der Waals surface area contributed by atoms with Crippen LogP contribution < -0.4 is 14.2 Å². The summed E-state index contributed by atoms with van der Waals surface area (Å²) in [5.41, 5.74) is 0.692. The van der Waals surface area contributed by atoms with Crippen molar-refractivity contribution >= 4 is 17.8 Å². The highest BCUT2D eigenvalue weighted by atomic mass is 19.1. The van der Waals surface area contributed by atoms with Gasteiger partial charge in [0.1, 0.15) is 11.6 Å². The second-order valence-electron chi connectivity index (χ2n) is 5.32. The van der Waals surface area contributed by atoms with Crippen molar-refractivity contribution in [3.8, 4) is 17.2 Å². The normalized spacial score (nSPS) is 10.5. The first-order valence-electron chi connectivity index (χ1n) is 7.92. The van der Waals surface area contributed by atoms with Crippen LogP contribution in [0.25, 0.3) is 6.08 Å². The van der Waals surface area contributed by atoms with Crippen LogP contribution in [0.4, 0.5) is 4.39 Å². The Bertz CT molecular complexity index is 860. The van der Waals surface area contributed by atoms with Crippen LogP contribution in [0.15, 0.2) is 42.5 Å². The summed E-state index contributed by atoms with van der Waals surface area (Å²) >= 11 is 0. The van der Waals surface area contributed by atoms with Crippen LogP contribution in [0.5, 0.6) is 17.2 Å². The van der Waals surface area contributed by atoms with Gasteiger partial charge in [0.2, 0.25) is 5.78 Å². The molecule has 0 saturated heterocycles. The molecule has 0 aliphatic carbocycles. The molecule has 2 aromatic rings. The standard InChI is InChI=1S/C20H19FO6/c1-24-17-8-6-14(21)11-15(17)16(22)12-27-20(23)9-5-13-4-7-18(25-2)19(10-13)26-3/h4-11H,12H2,1-3H3/b9-5+. The van der Waals surface area contributed by atoms with Gasteiger partial charge < -0.3 is 18.9 Å². The van der Waals surface area contributed by atoms with E-state index >= 15 is 0 Å². The highest BCUT2D eigenvalue weighted by Gasteiger charge is 2.15. The Hall–Kier alpha value is -3.35. The second kappa shape index (κ2) is 9.38. The van der Waals surface area contributed by atoms with Crippen molar-refractivity contribution in [1.29, 1.82) is 0 Å². The van der Waals surface area contributed by atoms with E-state index in [1.807, 2.05) is 0 Å². The molecule has 142 valence electrons. The Morgan fingerprint density at radius 2 is 1.59 bits per heavy atom. The highest BCUT2D eigenvalue weighted by Crippen LogP contribution is 2.28. The number of rotatable bonds is 8. The van der Waals surface area contributed by atoms with E-state index in [1.165, 1.54) is 45.6 Å². The molecule has 0 heterocycles. The maximum atomic E-state index is 13.3. The lowest BCUT2D eigenvalue weighted by atomic mass is 10.1. The minimum Gasteiger partial charge on any atom is -0.496 e. The largest absolute Gasteiger partial charge is 0.496 e. The molecule has 0 radical (unpaired) electrons. The number of hydrogen-bond acceptors (Lipinski definition) is 6. The Balaban J connectivity index is 1.99. The Labute approximate surface area is 156 Å². The molecular formula is C20H19FO6. The molecule has 6 nitrogen and oxygen atoms in total. The number of carbonyl (C=O) groups excluding carboxylic acids is 2. The SMILES string of the molecule is COc1ccc(/C=C/C(=O)OCC(=O)c2cc(F)ccc2OC)cc1OC. The summed E-state index contributed by atoms with van der Waals surface area (Å²) in [6.45, 7) is -0.533. The van der Waals surface area contributed by atoms with E-state index in [2.05, 4.69) is 0 Å². The first-order valence-corrected chi connectivity index (χ1v) is 7.92. The smallest absolute Gasteiger partial charge is 0.331 e. The molecule has 27 heavy (non-hydrogen) atoms. The third-order valence-electron chi connectivity index (χ3n) is 3.63. The second-order valence-corrected chi connectivity index (χ2v) is 5.32. The summed E-state index contributed by atoms with van der Waals surface area (Å²) in [6.07, 6.45) is 2.69. The maximum absolute atomic E-state index is 13.3. The molecule has 0 N–H and O–H groups in total. The number of benzene rings is 2. The zero-order chi connectivity index (χ0) is 19.8. The fourth-order valence-electron chi connectivity index (χ4n) is 2.28. The lowest BCUT2D eigenvalue weighted by Gasteiger charge is -2.08. The van der Waals surface area contributed by atoms with E-state index in [1.54, 1.807) is 18.2 Å². The van der Waals surface area contributed by atoms with E-state index in [0.717, 1.165) is 6.07 Å². The third kappa shape index (κ3) is 5.31. The van der Waals surface area contributed by atoms with Crippen molar-refractivity contribution in [1.82, 2.24) is 0 Å². The van der Waals surface area contributed by atoms with Gasteiger partial charge in [0.05, 0.1) is 26.9 Å². The van der Waals surface area contributed by atoms with Crippen molar-refractivity contribution in [2.24, 2.45) is 0 Å². The van der Waals surface area contributed by atoms with Crippen molar-refractivity contribution in [2.75, 3.05) is 27.9 Å². The van der Waals surface area contributed by atoms with Crippen molar-refractivity contribution in [3.63, 3.8) is 0 Å². The first kappa shape index (κ1) is 20.0. The number of methoxy groups -OCH3 is 3. The van der Waals surface area contributed by atoms with Crippen LogP contribution in [0, 0.1) is 5.82 Å². The van der Waals surface area contributed by atoms with Gasteiger partial charge in [0.15, 0.2) is 18.1 Å². The number of carbonyl (C=O) groups is 2. The fourth-order valence-corrected chi connectivity index (χ4v) is 2.28.